The number of phenolic OH excluding ortho intramolecular Hbond substituents is 1. The molecule has 1 aromatic heterocycles. The van der Waals surface area contributed by atoms with Crippen molar-refractivity contribution in [1.29, 1.82) is 0 Å². The molecule has 0 radical (unpaired) electrons. The van der Waals surface area contributed by atoms with Crippen molar-refractivity contribution in [1.82, 2.24) is 4.57 Å². The largest absolute Gasteiger partial charge is 0.508 e. The molecule has 0 spiro atoms. The first-order valence-electron chi connectivity index (χ1n) is 6.35. The number of benzene rings is 2. The zero-order valence-corrected chi connectivity index (χ0v) is 12.9. The van der Waals surface area contributed by atoms with Gasteiger partial charge in [0.05, 0.1) is 21.8 Å². The van der Waals surface area contributed by atoms with Crippen LogP contribution in [-0.4, -0.2) is 14.6 Å². The number of fused-ring (bicyclic) bond motifs is 1. The number of aromatic hydroxyl groups is 1. The van der Waals surface area contributed by atoms with Crippen molar-refractivity contribution >= 4 is 45.1 Å². The van der Waals surface area contributed by atoms with Gasteiger partial charge >= 0.3 is 0 Å². The molecule has 0 atom stereocenters. The Labute approximate surface area is 134 Å². The Hall–Kier alpha value is -2.45. The minimum absolute atomic E-state index is 0.0526. The van der Waals surface area contributed by atoms with Crippen molar-refractivity contribution in [3.05, 3.63) is 56.5 Å². The summed E-state index contributed by atoms with van der Waals surface area (Å²) in [6.45, 7) is 0.417. The van der Waals surface area contributed by atoms with Crippen molar-refractivity contribution in [2.24, 2.45) is 0 Å². The molecular formula is C14H11N3O3S2. The molecule has 1 heterocycles. The maximum atomic E-state index is 10.8. The predicted octanol–water partition coefficient (Wildman–Crippen LogP) is 4.12. The fourth-order valence-electron chi connectivity index (χ4n) is 2.10. The predicted molar refractivity (Wildman–Crippen MR) is 89.0 cm³/mol. The topological polar surface area (TPSA) is 80.3 Å². The molecule has 0 saturated carbocycles. The van der Waals surface area contributed by atoms with E-state index in [1.165, 1.54) is 23.5 Å². The van der Waals surface area contributed by atoms with E-state index in [4.69, 9.17) is 12.2 Å². The van der Waals surface area contributed by atoms with Crippen LogP contribution in [0.2, 0.25) is 0 Å². The standard InChI is InChI=1S/C14H11N3O3S2/c18-11-3-1-2-9(6-11)15-8-16-12-5-4-10(17(19)20)7-13(12)22-14(16)21/h1-7,15,18H,8H2. The lowest BCUT2D eigenvalue weighted by atomic mass is 10.3. The third kappa shape index (κ3) is 2.78. The fraction of sp³-hybridized carbons (Fsp3) is 0.0714. The highest BCUT2D eigenvalue weighted by Crippen LogP contribution is 2.27. The Morgan fingerprint density at radius 2 is 2.14 bits per heavy atom. The van der Waals surface area contributed by atoms with Gasteiger partial charge in [-0.25, -0.2) is 0 Å². The summed E-state index contributed by atoms with van der Waals surface area (Å²) in [5, 5.41) is 23.4. The molecular weight excluding hydrogens is 322 g/mol. The SMILES string of the molecule is O=[N+]([O-])c1ccc2c(c1)sc(=S)n2CNc1cccc(O)c1. The molecule has 0 saturated heterocycles. The van der Waals surface area contributed by atoms with Crippen LogP contribution in [0.1, 0.15) is 0 Å². The second-order valence-electron chi connectivity index (χ2n) is 4.59. The van der Waals surface area contributed by atoms with Gasteiger partial charge in [-0.3, -0.25) is 10.1 Å². The summed E-state index contributed by atoms with van der Waals surface area (Å²) >= 11 is 6.66. The molecule has 0 aliphatic rings. The number of aromatic nitrogens is 1. The van der Waals surface area contributed by atoms with Crippen LogP contribution in [0.25, 0.3) is 10.2 Å². The Kier molecular flexibility index (Phi) is 3.78. The summed E-state index contributed by atoms with van der Waals surface area (Å²) in [6.07, 6.45) is 0. The molecule has 6 nitrogen and oxygen atoms in total. The molecule has 2 N–H and O–H groups in total. The number of nitro groups is 1. The molecule has 0 unspecified atom stereocenters. The van der Waals surface area contributed by atoms with Crippen LogP contribution in [0.15, 0.2) is 42.5 Å². The van der Waals surface area contributed by atoms with E-state index in [0.717, 1.165) is 15.9 Å². The number of hydrogen-bond acceptors (Lipinski definition) is 6. The smallest absolute Gasteiger partial charge is 0.270 e. The second kappa shape index (κ2) is 5.74. The molecule has 0 bridgehead atoms. The molecule has 0 aliphatic heterocycles. The van der Waals surface area contributed by atoms with Crippen molar-refractivity contribution in [3.63, 3.8) is 0 Å². The van der Waals surface area contributed by atoms with Crippen molar-refractivity contribution in [3.8, 4) is 5.75 Å². The second-order valence-corrected chi connectivity index (χ2v) is 6.27. The third-order valence-corrected chi connectivity index (χ3v) is 4.56. The maximum Gasteiger partial charge on any atom is 0.270 e. The van der Waals surface area contributed by atoms with E-state index in [-0.39, 0.29) is 11.4 Å². The number of phenols is 1. The number of hydrogen-bond donors (Lipinski definition) is 2. The van der Waals surface area contributed by atoms with Crippen molar-refractivity contribution < 1.29 is 10.0 Å². The highest BCUT2D eigenvalue weighted by Gasteiger charge is 2.11. The summed E-state index contributed by atoms with van der Waals surface area (Å²) in [6, 6.07) is 11.5. The molecule has 112 valence electrons. The van der Waals surface area contributed by atoms with E-state index in [1.807, 2.05) is 10.6 Å². The first-order chi connectivity index (χ1) is 10.5. The lowest BCUT2D eigenvalue weighted by molar-refractivity contribution is -0.384. The van der Waals surface area contributed by atoms with Gasteiger partial charge in [0.1, 0.15) is 5.75 Å². The number of anilines is 1. The first kappa shape index (κ1) is 14.5. The Morgan fingerprint density at radius 1 is 1.32 bits per heavy atom. The summed E-state index contributed by atoms with van der Waals surface area (Å²) in [7, 11) is 0. The van der Waals surface area contributed by atoms with Gasteiger partial charge in [0.2, 0.25) is 0 Å². The molecule has 0 fully saturated rings. The van der Waals surface area contributed by atoms with E-state index < -0.39 is 4.92 Å². The Bertz CT molecular complexity index is 917. The third-order valence-electron chi connectivity index (χ3n) is 3.15. The summed E-state index contributed by atoms with van der Waals surface area (Å²) < 4.78 is 3.27. The first-order valence-corrected chi connectivity index (χ1v) is 7.58. The fourth-order valence-corrected chi connectivity index (χ4v) is 3.46. The van der Waals surface area contributed by atoms with Crippen molar-refractivity contribution in [2.75, 3.05) is 5.32 Å². The van der Waals surface area contributed by atoms with Gasteiger partial charge in [-0.1, -0.05) is 6.07 Å². The van der Waals surface area contributed by atoms with E-state index in [2.05, 4.69) is 5.32 Å². The normalized spacial score (nSPS) is 10.7. The zero-order valence-electron chi connectivity index (χ0n) is 11.2. The van der Waals surface area contributed by atoms with Gasteiger partial charge in [0, 0.05) is 23.9 Å². The van der Waals surface area contributed by atoms with Crippen LogP contribution in [-0.2, 0) is 6.67 Å². The van der Waals surface area contributed by atoms with Gasteiger partial charge in [-0.2, -0.15) is 0 Å². The Balaban J connectivity index is 1.92. The monoisotopic (exact) mass is 333 g/mol. The van der Waals surface area contributed by atoms with Gasteiger partial charge in [-0.15, -0.1) is 11.3 Å². The summed E-state index contributed by atoms with van der Waals surface area (Å²) in [4.78, 5) is 10.4. The number of non-ortho nitro benzene ring substituents is 1. The highest BCUT2D eigenvalue weighted by atomic mass is 32.1. The summed E-state index contributed by atoms with van der Waals surface area (Å²) in [5.74, 6) is 0.180. The van der Waals surface area contributed by atoms with E-state index in [1.54, 1.807) is 24.3 Å². The van der Waals surface area contributed by atoms with Gasteiger partial charge < -0.3 is 15.0 Å². The van der Waals surface area contributed by atoms with Gasteiger partial charge in [0.15, 0.2) is 3.95 Å². The quantitative estimate of drug-likeness (QED) is 0.426. The maximum absolute atomic E-state index is 10.8. The van der Waals surface area contributed by atoms with Crippen molar-refractivity contribution in [2.45, 2.75) is 6.67 Å². The number of thiazole rings is 1. The average molecular weight is 333 g/mol. The van der Waals surface area contributed by atoms with Crippen LogP contribution in [0, 0.1) is 14.1 Å². The molecule has 3 rings (SSSR count). The molecule has 0 amide bonds. The average Bonchev–Trinajstić information content (AvgIpc) is 2.79. The van der Waals surface area contributed by atoms with E-state index in [0.29, 0.717) is 10.6 Å². The van der Waals surface area contributed by atoms with E-state index >= 15 is 0 Å². The number of nitro benzene ring substituents is 1. The molecule has 8 heteroatoms. The molecule has 2 aromatic carbocycles. The van der Waals surface area contributed by atoms with Crippen LogP contribution in [0.3, 0.4) is 0 Å². The highest BCUT2D eigenvalue weighted by molar-refractivity contribution is 7.73. The summed E-state index contributed by atoms with van der Waals surface area (Å²) in [5.41, 5.74) is 1.66. The van der Waals surface area contributed by atoms with Crippen LogP contribution in [0.5, 0.6) is 5.75 Å². The number of nitrogens with one attached hydrogen (secondary N) is 1. The molecule has 3 aromatic rings. The van der Waals surface area contributed by atoms with Crippen LogP contribution >= 0.6 is 23.6 Å². The Morgan fingerprint density at radius 3 is 2.86 bits per heavy atom. The number of rotatable bonds is 4. The molecule has 22 heavy (non-hydrogen) atoms. The lowest BCUT2D eigenvalue weighted by Gasteiger charge is -2.09. The minimum atomic E-state index is -0.419. The van der Waals surface area contributed by atoms with Gasteiger partial charge in [0.25, 0.3) is 5.69 Å². The van der Waals surface area contributed by atoms with Crippen LogP contribution in [0.4, 0.5) is 11.4 Å². The lowest BCUT2D eigenvalue weighted by Crippen LogP contribution is -2.07. The number of nitrogens with zero attached hydrogens (tertiary/aromatic N) is 2. The molecule has 0 aliphatic carbocycles. The minimum Gasteiger partial charge on any atom is -0.508 e. The zero-order chi connectivity index (χ0) is 15.7. The van der Waals surface area contributed by atoms with Gasteiger partial charge in [-0.05, 0) is 30.4 Å². The van der Waals surface area contributed by atoms with Crippen LogP contribution < -0.4 is 5.32 Å². The van der Waals surface area contributed by atoms with E-state index in [9.17, 15) is 15.2 Å².